The number of halogens is 1. The van der Waals surface area contributed by atoms with Crippen molar-refractivity contribution >= 4 is 32.7 Å². The molecule has 0 bridgehead atoms. The molecule has 1 aromatic carbocycles. The minimum absolute atomic E-state index is 0.566. The van der Waals surface area contributed by atoms with Gasteiger partial charge in [0.25, 0.3) is 0 Å². The number of ether oxygens (including phenoxy) is 1. The summed E-state index contributed by atoms with van der Waals surface area (Å²) in [6.45, 7) is 6.49. The van der Waals surface area contributed by atoms with Crippen molar-refractivity contribution in [3.8, 4) is 0 Å². The lowest BCUT2D eigenvalue weighted by atomic mass is 10.2. The van der Waals surface area contributed by atoms with Crippen molar-refractivity contribution in [2.75, 3.05) is 25.1 Å². The Balaban J connectivity index is 1.98. The molecule has 0 aliphatic carbocycles. The van der Waals surface area contributed by atoms with E-state index in [0.717, 1.165) is 34.3 Å². The summed E-state index contributed by atoms with van der Waals surface area (Å²) in [6, 6.07) is 5.97. The van der Waals surface area contributed by atoms with Gasteiger partial charge in [-0.15, -0.1) is 0 Å². The van der Waals surface area contributed by atoms with Crippen molar-refractivity contribution in [1.29, 1.82) is 0 Å². The molecule has 0 fully saturated rings. The lowest BCUT2D eigenvalue weighted by Gasteiger charge is -2.10. The summed E-state index contributed by atoms with van der Waals surface area (Å²) in [4.78, 5) is 8.53. The monoisotopic (exact) mass is 323 g/mol. The number of rotatable bonds is 6. The molecule has 0 atom stereocenters. The fraction of sp³-hybridized carbons (Fsp3) is 0.429. The predicted octanol–water partition coefficient (Wildman–Crippen LogP) is 3.48. The Kier molecular flexibility index (Phi) is 5.10. The van der Waals surface area contributed by atoms with E-state index in [-0.39, 0.29) is 0 Å². The van der Waals surface area contributed by atoms with Gasteiger partial charge in [0.05, 0.1) is 12.1 Å². The molecule has 0 saturated heterocycles. The number of benzene rings is 1. The van der Waals surface area contributed by atoms with Gasteiger partial charge in [0.2, 0.25) is 0 Å². The molecule has 102 valence electrons. The molecule has 4 nitrogen and oxygen atoms in total. The van der Waals surface area contributed by atoms with E-state index in [1.165, 1.54) is 0 Å². The zero-order valence-corrected chi connectivity index (χ0v) is 12.8. The standard InChI is InChI=1S/C14H18BrN3O/c1-10(2)8-19-6-5-16-14-12-7-11(15)3-4-13(12)17-9-18-14/h3-4,7,9-10H,5-6,8H2,1-2H3,(H,16,17,18). The Morgan fingerprint density at radius 2 is 2.16 bits per heavy atom. The molecule has 0 aliphatic heterocycles. The normalized spacial score (nSPS) is 11.2. The molecule has 1 heterocycles. The Bertz CT molecular complexity index is 545. The molecule has 0 spiro atoms. The molecule has 0 aliphatic rings. The van der Waals surface area contributed by atoms with Gasteiger partial charge in [-0.2, -0.15) is 0 Å². The third-order valence-electron chi connectivity index (χ3n) is 2.59. The van der Waals surface area contributed by atoms with Crippen molar-refractivity contribution in [1.82, 2.24) is 9.97 Å². The highest BCUT2D eigenvalue weighted by molar-refractivity contribution is 9.10. The van der Waals surface area contributed by atoms with E-state index in [2.05, 4.69) is 45.1 Å². The third kappa shape index (κ3) is 4.14. The van der Waals surface area contributed by atoms with E-state index >= 15 is 0 Å². The van der Waals surface area contributed by atoms with Crippen LogP contribution in [0.3, 0.4) is 0 Å². The van der Waals surface area contributed by atoms with Crippen LogP contribution >= 0.6 is 15.9 Å². The number of nitrogens with zero attached hydrogens (tertiary/aromatic N) is 2. The average Bonchev–Trinajstić information content (AvgIpc) is 2.38. The Morgan fingerprint density at radius 3 is 2.95 bits per heavy atom. The second-order valence-electron chi connectivity index (χ2n) is 4.78. The molecule has 19 heavy (non-hydrogen) atoms. The summed E-state index contributed by atoms with van der Waals surface area (Å²) in [5.41, 5.74) is 0.934. The molecule has 0 radical (unpaired) electrons. The zero-order chi connectivity index (χ0) is 13.7. The van der Waals surface area contributed by atoms with Crippen molar-refractivity contribution < 1.29 is 4.74 Å². The smallest absolute Gasteiger partial charge is 0.137 e. The molecule has 1 N–H and O–H groups in total. The second kappa shape index (κ2) is 6.82. The molecule has 0 amide bonds. The van der Waals surface area contributed by atoms with Gasteiger partial charge in [-0.25, -0.2) is 9.97 Å². The summed E-state index contributed by atoms with van der Waals surface area (Å²) in [6.07, 6.45) is 1.58. The first kappa shape index (κ1) is 14.2. The maximum atomic E-state index is 5.54. The number of fused-ring (bicyclic) bond motifs is 1. The lowest BCUT2D eigenvalue weighted by molar-refractivity contribution is 0.118. The van der Waals surface area contributed by atoms with Crippen LogP contribution in [0.2, 0.25) is 0 Å². The number of hydrogen-bond donors (Lipinski definition) is 1. The van der Waals surface area contributed by atoms with E-state index in [4.69, 9.17) is 4.74 Å². The maximum absolute atomic E-state index is 5.54. The highest BCUT2D eigenvalue weighted by Gasteiger charge is 2.03. The predicted molar refractivity (Wildman–Crippen MR) is 81.4 cm³/mol. The van der Waals surface area contributed by atoms with Crippen molar-refractivity contribution in [3.05, 3.63) is 29.0 Å². The summed E-state index contributed by atoms with van der Waals surface area (Å²) in [5.74, 6) is 1.41. The molecular weight excluding hydrogens is 306 g/mol. The van der Waals surface area contributed by atoms with Crippen LogP contribution in [0.4, 0.5) is 5.82 Å². The Morgan fingerprint density at radius 1 is 1.32 bits per heavy atom. The van der Waals surface area contributed by atoms with E-state index in [9.17, 15) is 0 Å². The average molecular weight is 324 g/mol. The van der Waals surface area contributed by atoms with Crippen molar-refractivity contribution in [2.24, 2.45) is 5.92 Å². The lowest BCUT2D eigenvalue weighted by Crippen LogP contribution is -2.13. The highest BCUT2D eigenvalue weighted by Crippen LogP contribution is 2.22. The van der Waals surface area contributed by atoms with Gasteiger partial charge in [-0.3, -0.25) is 0 Å². The maximum Gasteiger partial charge on any atom is 0.137 e. The molecule has 0 unspecified atom stereocenters. The number of anilines is 1. The van der Waals surface area contributed by atoms with E-state index < -0.39 is 0 Å². The number of nitrogens with one attached hydrogen (secondary N) is 1. The third-order valence-corrected chi connectivity index (χ3v) is 3.08. The van der Waals surface area contributed by atoms with Gasteiger partial charge in [-0.05, 0) is 24.1 Å². The fourth-order valence-corrected chi connectivity index (χ4v) is 2.09. The first-order chi connectivity index (χ1) is 9.16. The van der Waals surface area contributed by atoms with E-state index in [0.29, 0.717) is 12.5 Å². The van der Waals surface area contributed by atoms with Crippen LogP contribution in [-0.4, -0.2) is 29.7 Å². The quantitative estimate of drug-likeness (QED) is 0.827. The molecule has 1 aromatic heterocycles. The SMILES string of the molecule is CC(C)COCCNc1ncnc2ccc(Br)cc12. The summed E-state index contributed by atoms with van der Waals surface area (Å²) in [7, 11) is 0. The summed E-state index contributed by atoms with van der Waals surface area (Å²) < 4.78 is 6.56. The second-order valence-corrected chi connectivity index (χ2v) is 5.69. The van der Waals surface area contributed by atoms with Crippen LogP contribution < -0.4 is 5.32 Å². The van der Waals surface area contributed by atoms with Crippen LogP contribution in [0, 0.1) is 5.92 Å². The van der Waals surface area contributed by atoms with Gasteiger partial charge >= 0.3 is 0 Å². The van der Waals surface area contributed by atoms with Gasteiger partial charge in [0.1, 0.15) is 12.1 Å². The minimum atomic E-state index is 0.566. The van der Waals surface area contributed by atoms with Crippen molar-refractivity contribution in [2.45, 2.75) is 13.8 Å². The largest absolute Gasteiger partial charge is 0.379 e. The molecular formula is C14H18BrN3O. The first-order valence-corrected chi connectivity index (χ1v) is 7.18. The molecule has 2 rings (SSSR count). The number of hydrogen-bond acceptors (Lipinski definition) is 4. The van der Waals surface area contributed by atoms with Crippen LogP contribution in [0.5, 0.6) is 0 Å². The molecule has 5 heteroatoms. The van der Waals surface area contributed by atoms with Crippen LogP contribution in [0.25, 0.3) is 10.9 Å². The first-order valence-electron chi connectivity index (χ1n) is 6.38. The summed E-state index contributed by atoms with van der Waals surface area (Å²) in [5, 5.41) is 4.31. The molecule has 2 aromatic rings. The summed E-state index contributed by atoms with van der Waals surface area (Å²) >= 11 is 3.47. The Labute approximate surface area is 121 Å². The van der Waals surface area contributed by atoms with Gasteiger partial charge in [0.15, 0.2) is 0 Å². The minimum Gasteiger partial charge on any atom is -0.379 e. The van der Waals surface area contributed by atoms with Crippen LogP contribution in [-0.2, 0) is 4.74 Å². The van der Waals surface area contributed by atoms with Gasteiger partial charge < -0.3 is 10.1 Å². The molecule has 0 saturated carbocycles. The number of aromatic nitrogens is 2. The fourth-order valence-electron chi connectivity index (χ4n) is 1.73. The highest BCUT2D eigenvalue weighted by atomic mass is 79.9. The zero-order valence-electron chi connectivity index (χ0n) is 11.2. The van der Waals surface area contributed by atoms with E-state index in [1.807, 2.05) is 18.2 Å². The van der Waals surface area contributed by atoms with Crippen LogP contribution in [0.1, 0.15) is 13.8 Å². The van der Waals surface area contributed by atoms with Crippen molar-refractivity contribution in [3.63, 3.8) is 0 Å². The van der Waals surface area contributed by atoms with E-state index in [1.54, 1.807) is 6.33 Å². The van der Waals surface area contributed by atoms with Gasteiger partial charge in [-0.1, -0.05) is 29.8 Å². The topological polar surface area (TPSA) is 47.0 Å². The van der Waals surface area contributed by atoms with Crippen LogP contribution in [0.15, 0.2) is 29.0 Å². The Hall–Kier alpha value is -1.20. The van der Waals surface area contributed by atoms with Gasteiger partial charge in [0, 0.05) is 23.0 Å².